The van der Waals surface area contributed by atoms with E-state index < -0.39 is 0 Å². The van der Waals surface area contributed by atoms with Gasteiger partial charge in [-0.05, 0) is 109 Å². The molecule has 4 aliphatic carbocycles. The van der Waals surface area contributed by atoms with Gasteiger partial charge in [0.25, 0.3) is 0 Å². The summed E-state index contributed by atoms with van der Waals surface area (Å²) in [5.41, 5.74) is 2.73. The third-order valence-electron chi connectivity index (χ3n) is 11.7. The molecule has 0 amide bonds. The van der Waals surface area contributed by atoms with E-state index in [2.05, 4.69) is 40.7 Å². The number of hydrogen-bond acceptors (Lipinski definition) is 2. The molecule has 5 rings (SSSR count). The lowest BCUT2D eigenvalue weighted by Gasteiger charge is -2.58. The third-order valence-corrected chi connectivity index (χ3v) is 12.2. The monoisotopic (exact) mass is 558 g/mol. The van der Waals surface area contributed by atoms with E-state index in [1.165, 1.54) is 51.4 Å². The summed E-state index contributed by atoms with van der Waals surface area (Å²) in [5, 5.41) is 0.886. The van der Waals surface area contributed by atoms with E-state index in [9.17, 15) is 4.79 Å². The third kappa shape index (κ3) is 5.23. The van der Waals surface area contributed by atoms with E-state index in [0.717, 1.165) is 54.8 Å². The summed E-state index contributed by atoms with van der Waals surface area (Å²) in [5.74, 6) is 4.71. The largest absolute Gasteiger partial charge is 0.458 e. The Morgan fingerprint density at radius 3 is 2.55 bits per heavy atom. The topological polar surface area (TPSA) is 26.3 Å². The fraction of sp³-hybridized carbons (Fsp3) is 0.735. The zero-order chi connectivity index (χ0) is 27.2. The van der Waals surface area contributed by atoms with Gasteiger partial charge in [0, 0.05) is 11.4 Å². The normalized spacial score (nSPS) is 37.2. The molecule has 0 aliphatic heterocycles. The van der Waals surface area contributed by atoms with Crippen molar-refractivity contribution in [1.82, 2.24) is 0 Å². The standard InChI is InChI=1S/C34H48Cl2O2/c1-21(2)7-6-8-22(3)28-13-14-29-26-11-9-23-19-25(38-32(37)27-12-10-24(35)20-31(27)36)15-17-33(23,4)30(26)16-18-34(28,29)5/h9-10,12,20-22,25-26,28-30H,6-8,11,13-19H2,1-5H3/t22-,25-,26+,28-,29+,30+,33+,34-/m1/s1. The van der Waals surface area contributed by atoms with Crippen molar-refractivity contribution in [3.63, 3.8) is 0 Å². The van der Waals surface area contributed by atoms with Crippen LogP contribution < -0.4 is 0 Å². The molecule has 8 atom stereocenters. The number of esters is 1. The van der Waals surface area contributed by atoms with Crippen LogP contribution in [0.3, 0.4) is 0 Å². The van der Waals surface area contributed by atoms with Gasteiger partial charge in [-0.3, -0.25) is 0 Å². The van der Waals surface area contributed by atoms with Crippen molar-refractivity contribution in [2.45, 2.75) is 111 Å². The van der Waals surface area contributed by atoms with Gasteiger partial charge in [0.15, 0.2) is 0 Å². The summed E-state index contributed by atoms with van der Waals surface area (Å²) in [6, 6.07) is 4.98. The molecular formula is C34H48Cl2O2. The second-order valence-corrected chi connectivity index (χ2v) is 15.0. The number of carbonyl (C=O) groups excluding carboxylic acids is 1. The van der Waals surface area contributed by atoms with E-state index in [1.54, 1.807) is 23.8 Å². The number of carbonyl (C=O) groups is 1. The van der Waals surface area contributed by atoms with Crippen LogP contribution in [0, 0.1) is 46.3 Å². The van der Waals surface area contributed by atoms with Crippen LogP contribution >= 0.6 is 23.2 Å². The Bertz CT molecular complexity index is 1060. The minimum absolute atomic E-state index is 0.0680. The number of benzene rings is 1. The van der Waals surface area contributed by atoms with E-state index in [0.29, 0.717) is 21.0 Å². The van der Waals surface area contributed by atoms with Crippen molar-refractivity contribution >= 4 is 29.2 Å². The highest BCUT2D eigenvalue weighted by atomic mass is 35.5. The maximum atomic E-state index is 12.9. The van der Waals surface area contributed by atoms with E-state index in [1.807, 2.05) is 0 Å². The van der Waals surface area contributed by atoms with Crippen molar-refractivity contribution in [3.05, 3.63) is 45.5 Å². The Labute approximate surface area is 241 Å². The summed E-state index contributed by atoms with van der Waals surface area (Å²) in [6.45, 7) is 12.5. The Kier molecular flexibility index (Phi) is 8.35. The quantitative estimate of drug-likeness (QED) is 0.245. The van der Waals surface area contributed by atoms with Gasteiger partial charge in [0.2, 0.25) is 0 Å². The van der Waals surface area contributed by atoms with Crippen molar-refractivity contribution < 1.29 is 9.53 Å². The average Bonchev–Trinajstić information content (AvgIpc) is 3.21. The highest BCUT2D eigenvalue weighted by Crippen LogP contribution is 2.67. The van der Waals surface area contributed by atoms with Crippen molar-refractivity contribution in [1.29, 1.82) is 0 Å². The summed E-state index contributed by atoms with van der Waals surface area (Å²) < 4.78 is 5.99. The number of fused-ring (bicyclic) bond motifs is 5. The minimum atomic E-state index is -0.331. The molecule has 1 aromatic rings. The SMILES string of the molecule is CC(C)CCC[C@@H](C)[C@H]1CC[C@H]2[C@@H]3CC=C4C[C@H](OC(=O)c5ccc(Cl)cc5Cl)CC[C@]4(C)[C@H]3CC[C@]12C. The predicted octanol–water partition coefficient (Wildman–Crippen LogP) is 10.6. The molecule has 0 radical (unpaired) electrons. The smallest absolute Gasteiger partial charge is 0.339 e. The Balaban J connectivity index is 1.25. The van der Waals surface area contributed by atoms with Gasteiger partial charge in [-0.15, -0.1) is 0 Å². The number of rotatable bonds is 7. The zero-order valence-electron chi connectivity index (χ0n) is 24.2. The number of allylic oxidation sites excluding steroid dienone is 1. The first kappa shape index (κ1) is 28.5. The van der Waals surface area contributed by atoms with Crippen LogP contribution in [0.1, 0.15) is 116 Å². The molecule has 0 heterocycles. The summed E-state index contributed by atoms with van der Waals surface area (Å²) in [4.78, 5) is 12.9. The van der Waals surface area contributed by atoms with Crippen LogP contribution in [0.2, 0.25) is 10.0 Å². The van der Waals surface area contributed by atoms with Gasteiger partial charge in [0.1, 0.15) is 6.10 Å². The molecule has 0 spiro atoms. The first-order valence-corrected chi connectivity index (χ1v) is 16.1. The lowest BCUT2D eigenvalue weighted by molar-refractivity contribution is -0.0594. The molecule has 3 saturated carbocycles. The molecule has 4 aliphatic rings. The number of ether oxygens (including phenoxy) is 1. The highest BCUT2D eigenvalue weighted by Gasteiger charge is 2.59. The lowest BCUT2D eigenvalue weighted by Crippen LogP contribution is -2.51. The second kappa shape index (κ2) is 11.1. The second-order valence-electron chi connectivity index (χ2n) is 14.2. The van der Waals surface area contributed by atoms with Crippen LogP contribution in [0.25, 0.3) is 0 Å². The summed E-state index contributed by atoms with van der Waals surface area (Å²) in [7, 11) is 0. The van der Waals surface area contributed by atoms with Crippen LogP contribution in [0.4, 0.5) is 0 Å². The fourth-order valence-electron chi connectivity index (χ4n) is 9.62. The van der Waals surface area contributed by atoms with Crippen LogP contribution in [-0.4, -0.2) is 12.1 Å². The maximum absolute atomic E-state index is 12.9. The van der Waals surface area contributed by atoms with Gasteiger partial charge in [-0.1, -0.05) is 88.7 Å². The van der Waals surface area contributed by atoms with Gasteiger partial charge in [0.05, 0.1) is 10.6 Å². The molecule has 3 fully saturated rings. The van der Waals surface area contributed by atoms with E-state index in [4.69, 9.17) is 27.9 Å². The van der Waals surface area contributed by atoms with Gasteiger partial charge in [-0.25, -0.2) is 4.79 Å². The van der Waals surface area contributed by atoms with Crippen molar-refractivity contribution in [3.8, 4) is 0 Å². The van der Waals surface area contributed by atoms with Crippen molar-refractivity contribution in [2.75, 3.05) is 0 Å². The Morgan fingerprint density at radius 2 is 1.82 bits per heavy atom. The minimum Gasteiger partial charge on any atom is -0.458 e. The molecule has 0 aromatic heterocycles. The van der Waals surface area contributed by atoms with Crippen LogP contribution in [0.5, 0.6) is 0 Å². The molecular weight excluding hydrogens is 511 g/mol. The molecule has 210 valence electrons. The molecule has 0 unspecified atom stereocenters. The first-order valence-electron chi connectivity index (χ1n) is 15.4. The molecule has 0 saturated heterocycles. The fourth-order valence-corrected chi connectivity index (χ4v) is 10.1. The molecule has 38 heavy (non-hydrogen) atoms. The van der Waals surface area contributed by atoms with Gasteiger partial charge in [-0.2, -0.15) is 0 Å². The summed E-state index contributed by atoms with van der Waals surface area (Å²) in [6.07, 6.45) is 16.4. The molecule has 4 heteroatoms. The first-order chi connectivity index (χ1) is 18.0. The maximum Gasteiger partial charge on any atom is 0.339 e. The van der Waals surface area contributed by atoms with Crippen LogP contribution in [0.15, 0.2) is 29.8 Å². The zero-order valence-corrected chi connectivity index (χ0v) is 25.7. The molecule has 0 bridgehead atoms. The predicted molar refractivity (Wildman–Crippen MR) is 159 cm³/mol. The van der Waals surface area contributed by atoms with E-state index in [-0.39, 0.29) is 17.5 Å². The lowest BCUT2D eigenvalue weighted by atomic mass is 9.47. The molecule has 2 nitrogen and oxygen atoms in total. The van der Waals surface area contributed by atoms with Crippen molar-refractivity contribution in [2.24, 2.45) is 46.3 Å². The molecule has 1 aromatic carbocycles. The number of hydrogen-bond donors (Lipinski definition) is 0. The Hall–Kier alpha value is -0.990. The highest BCUT2D eigenvalue weighted by molar-refractivity contribution is 6.36. The van der Waals surface area contributed by atoms with Crippen LogP contribution in [-0.2, 0) is 4.74 Å². The Morgan fingerprint density at radius 1 is 1.03 bits per heavy atom. The van der Waals surface area contributed by atoms with Gasteiger partial charge < -0.3 is 4.74 Å². The molecule has 0 N–H and O–H groups in total. The summed E-state index contributed by atoms with van der Waals surface area (Å²) >= 11 is 12.3. The van der Waals surface area contributed by atoms with Gasteiger partial charge >= 0.3 is 5.97 Å². The van der Waals surface area contributed by atoms with E-state index >= 15 is 0 Å². The average molecular weight is 560 g/mol. The number of halogens is 2.